The number of imide groups is 1. The molecule has 3 amide bonds. The highest BCUT2D eigenvalue weighted by molar-refractivity contribution is 6.05. The molecule has 4 aliphatic heterocycles. The summed E-state index contributed by atoms with van der Waals surface area (Å²) in [5.74, 6) is 0.0269. The molecule has 28 heavy (non-hydrogen) atoms. The van der Waals surface area contributed by atoms with Crippen molar-refractivity contribution in [3.8, 4) is 0 Å². The number of nitrogens with zero attached hydrogens (tertiary/aromatic N) is 2. The van der Waals surface area contributed by atoms with E-state index in [1.54, 1.807) is 4.90 Å². The SMILES string of the molecule is O=C1CCC(N2Cc3c(CN4C[C@@H]5CCCN[C@@H]5C4)cccc3C2=O)C(=O)N1. The molecule has 1 aromatic rings. The normalized spacial score (nSPS) is 30.4. The van der Waals surface area contributed by atoms with Crippen molar-refractivity contribution in [3.05, 3.63) is 34.9 Å². The molecule has 3 fully saturated rings. The average molecular weight is 382 g/mol. The second kappa shape index (κ2) is 6.97. The zero-order chi connectivity index (χ0) is 19.3. The van der Waals surface area contributed by atoms with Crippen LogP contribution in [0.25, 0.3) is 0 Å². The van der Waals surface area contributed by atoms with Crippen molar-refractivity contribution in [2.75, 3.05) is 19.6 Å². The summed E-state index contributed by atoms with van der Waals surface area (Å²) in [6, 6.07) is 5.95. The zero-order valence-corrected chi connectivity index (χ0v) is 15.9. The van der Waals surface area contributed by atoms with Crippen LogP contribution in [-0.4, -0.2) is 59.2 Å². The highest BCUT2D eigenvalue weighted by Crippen LogP contribution is 2.32. The van der Waals surface area contributed by atoms with Gasteiger partial charge in [-0.2, -0.15) is 0 Å². The Morgan fingerprint density at radius 2 is 2.00 bits per heavy atom. The van der Waals surface area contributed by atoms with Crippen molar-refractivity contribution < 1.29 is 14.4 Å². The standard InChI is InChI=1S/C21H26N4O3/c26-19-7-6-18(20(27)23-19)25-11-16-13(3-1-5-15(16)21(25)28)9-24-10-14-4-2-8-22-17(14)12-24/h1,3,5,14,17-18,22H,2,4,6-12H2,(H,23,26,27)/t14-,17+,18?/m0/s1. The van der Waals surface area contributed by atoms with Gasteiger partial charge in [0.05, 0.1) is 0 Å². The summed E-state index contributed by atoms with van der Waals surface area (Å²) in [6.45, 7) is 4.57. The molecular formula is C21H26N4O3. The molecule has 4 aliphatic rings. The topological polar surface area (TPSA) is 81.8 Å². The Hall–Kier alpha value is -2.25. The Morgan fingerprint density at radius 1 is 1.11 bits per heavy atom. The van der Waals surface area contributed by atoms with Crippen LogP contribution in [0.15, 0.2) is 18.2 Å². The van der Waals surface area contributed by atoms with Gasteiger partial charge < -0.3 is 10.2 Å². The second-order valence-electron chi connectivity index (χ2n) is 8.50. The number of hydrogen-bond acceptors (Lipinski definition) is 5. The van der Waals surface area contributed by atoms with Gasteiger partial charge in [0, 0.05) is 44.2 Å². The Bertz CT molecular complexity index is 825. The van der Waals surface area contributed by atoms with E-state index >= 15 is 0 Å². The molecule has 0 saturated carbocycles. The van der Waals surface area contributed by atoms with E-state index in [9.17, 15) is 14.4 Å². The molecule has 1 aromatic carbocycles. The van der Waals surface area contributed by atoms with E-state index in [4.69, 9.17) is 0 Å². The van der Waals surface area contributed by atoms with Crippen LogP contribution in [0.3, 0.4) is 0 Å². The lowest BCUT2D eigenvalue weighted by molar-refractivity contribution is -0.136. The smallest absolute Gasteiger partial charge is 0.255 e. The lowest BCUT2D eigenvalue weighted by atomic mass is 9.94. The van der Waals surface area contributed by atoms with Crippen LogP contribution in [0.2, 0.25) is 0 Å². The Kier molecular flexibility index (Phi) is 4.44. The zero-order valence-electron chi connectivity index (χ0n) is 15.9. The van der Waals surface area contributed by atoms with E-state index in [2.05, 4.69) is 21.6 Å². The fourth-order valence-corrected chi connectivity index (χ4v) is 5.30. The maximum Gasteiger partial charge on any atom is 0.255 e. The number of piperidine rings is 2. The average Bonchev–Trinajstić information content (AvgIpc) is 3.23. The van der Waals surface area contributed by atoms with Crippen molar-refractivity contribution in [1.82, 2.24) is 20.4 Å². The van der Waals surface area contributed by atoms with Gasteiger partial charge in [-0.05, 0) is 48.9 Å². The minimum absolute atomic E-state index is 0.0943. The number of fused-ring (bicyclic) bond motifs is 2. The van der Waals surface area contributed by atoms with E-state index in [1.807, 2.05) is 12.1 Å². The molecule has 2 N–H and O–H groups in total. The minimum Gasteiger partial charge on any atom is -0.322 e. The number of carbonyl (C=O) groups excluding carboxylic acids is 3. The van der Waals surface area contributed by atoms with Crippen molar-refractivity contribution >= 4 is 17.7 Å². The van der Waals surface area contributed by atoms with E-state index in [0.717, 1.165) is 37.7 Å². The lowest BCUT2D eigenvalue weighted by Gasteiger charge is -2.29. The van der Waals surface area contributed by atoms with Crippen LogP contribution in [0, 0.1) is 5.92 Å². The third-order valence-electron chi connectivity index (χ3n) is 6.75. The van der Waals surface area contributed by atoms with Crippen LogP contribution in [0.4, 0.5) is 0 Å². The summed E-state index contributed by atoms with van der Waals surface area (Å²) in [6.07, 6.45) is 3.24. The molecule has 0 aliphatic carbocycles. The van der Waals surface area contributed by atoms with Crippen LogP contribution < -0.4 is 10.6 Å². The molecule has 7 heteroatoms. The fraction of sp³-hybridized carbons (Fsp3) is 0.571. The monoisotopic (exact) mass is 382 g/mol. The highest BCUT2D eigenvalue weighted by atomic mass is 16.2. The Balaban J connectivity index is 1.34. The maximum absolute atomic E-state index is 13.0. The fourth-order valence-electron chi connectivity index (χ4n) is 5.30. The number of likely N-dealkylation sites (tertiary alicyclic amines) is 1. The van der Waals surface area contributed by atoms with Gasteiger partial charge in [0.25, 0.3) is 5.91 Å². The molecule has 0 radical (unpaired) electrons. The number of hydrogen-bond donors (Lipinski definition) is 2. The highest BCUT2D eigenvalue weighted by Gasteiger charge is 2.40. The summed E-state index contributed by atoms with van der Waals surface area (Å²) in [7, 11) is 0. The van der Waals surface area contributed by atoms with Crippen LogP contribution in [-0.2, 0) is 22.7 Å². The number of benzene rings is 1. The third kappa shape index (κ3) is 3.02. The first-order valence-corrected chi connectivity index (χ1v) is 10.3. The molecule has 148 valence electrons. The van der Waals surface area contributed by atoms with Crippen molar-refractivity contribution in [3.63, 3.8) is 0 Å². The number of nitrogens with one attached hydrogen (secondary N) is 2. The van der Waals surface area contributed by atoms with E-state index in [1.165, 1.54) is 18.4 Å². The van der Waals surface area contributed by atoms with Crippen LogP contribution >= 0.6 is 0 Å². The predicted octanol–water partition coefficient (Wildman–Crippen LogP) is 0.631. The molecule has 3 saturated heterocycles. The van der Waals surface area contributed by atoms with Crippen molar-refractivity contribution in [1.29, 1.82) is 0 Å². The molecule has 5 rings (SSSR count). The summed E-state index contributed by atoms with van der Waals surface area (Å²) < 4.78 is 0. The van der Waals surface area contributed by atoms with Crippen molar-refractivity contribution in [2.24, 2.45) is 5.92 Å². The van der Waals surface area contributed by atoms with Gasteiger partial charge in [0.15, 0.2) is 0 Å². The minimum atomic E-state index is -0.552. The van der Waals surface area contributed by atoms with Gasteiger partial charge in [0.2, 0.25) is 11.8 Å². The molecule has 3 atom stereocenters. The predicted molar refractivity (Wildman–Crippen MR) is 102 cm³/mol. The first-order valence-electron chi connectivity index (χ1n) is 10.3. The van der Waals surface area contributed by atoms with Gasteiger partial charge in [-0.25, -0.2) is 0 Å². The first-order chi connectivity index (χ1) is 13.6. The third-order valence-corrected chi connectivity index (χ3v) is 6.75. The summed E-state index contributed by atoms with van der Waals surface area (Å²) in [4.78, 5) is 40.8. The quantitative estimate of drug-likeness (QED) is 0.750. The first kappa shape index (κ1) is 17.8. The van der Waals surface area contributed by atoms with Gasteiger partial charge in [-0.15, -0.1) is 0 Å². The number of rotatable bonds is 3. The van der Waals surface area contributed by atoms with Crippen LogP contribution in [0.5, 0.6) is 0 Å². The Morgan fingerprint density at radius 3 is 2.82 bits per heavy atom. The summed E-state index contributed by atoms with van der Waals surface area (Å²) in [5, 5.41) is 6.01. The van der Waals surface area contributed by atoms with Crippen LogP contribution in [0.1, 0.15) is 47.2 Å². The maximum atomic E-state index is 13.0. The second-order valence-corrected chi connectivity index (χ2v) is 8.50. The largest absolute Gasteiger partial charge is 0.322 e. The summed E-state index contributed by atoms with van der Waals surface area (Å²) >= 11 is 0. The molecule has 0 spiro atoms. The number of carbonyl (C=O) groups is 3. The molecule has 4 heterocycles. The van der Waals surface area contributed by atoms with Gasteiger partial charge in [0.1, 0.15) is 6.04 Å². The lowest BCUT2D eigenvalue weighted by Crippen LogP contribution is -2.52. The van der Waals surface area contributed by atoms with E-state index < -0.39 is 6.04 Å². The molecular weight excluding hydrogens is 356 g/mol. The molecule has 0 bridgehead atoms. The molecule has 0 aromatic heterocycles. The van der Waals surface area contributed by atoms with E-state index in [0.29, 0.717) is 24.6 Å². The molecule has 1 unspecified atom stereocenters. The van der Waals surface area contributed by atoms with Gasteiger partial charge in [-0.1, -0.05) is 12.1 Å². The molecule has 7 nitrogen and oxygen atoms in total. The summed E-state index contributed by atoms with van der Waals surface area (Å²) in [5.41, 5.74) is 2.93. The van der Waals surface area contributed by atoms with Gasteiger partial charge >= 0.3 is 0 Å². The Labute approximate surface area is 164 Å². The van der Waals surface area contributed by atoms with Gasteiger partial charge in [-0.3, -0.25) is 24.6 Å². The number of amides is 3. The van der Waals surface area contributed by atoms with Crippen molar-refractivity contribution in [2.45, 2.75) is 50.9 Å². The van der Waals surface area contributed by atoms with E-state index in [-0.39, 0.29) is 24.1 Å².